The molecule has 0 bridgehead atoms. The molecule has 1 amide bonds. The number of hydrogen-bond acceptors (Lipinski definition) is 6. The van der Waals surface area contributed by atoms with E-state index in [1.165, 1.54) is 28.4 Å². The smallest absolute Gasteiger partial charge is 0.409 e. The summed E-state index contributed by atoms with van der Waals surface area (Å²) in [6, 6.07) is 6.27. The van der Waals surface area contributed by atoms with Gasteiger partial charge in [-0.1, -0.05) is 12.1 Å². The SMILES string of the molecule is CCOC(=O)N1CCN(S(=O)(=O)Cc2ccc(C(=O)OC)cc2)CC1. The molecule has 25 heavy (non-hydrogen) atoms. The second-order valence-corrected chi connectivity index (χ2v) is 7.50. The Hall–Kier alpha value is -2.13. The number of carbonyl (C=O) groups excluding carboxylic acids is 2. The molecule has 0 unspecified atom stereocenters. The van der Waals surface area contributed by atoms with Crippen LogP contribution < -0.4 is 0 Å². The van der Waals surface area contributed by atoms with Crippen molar-refractivity contribution >= 4 is 22.1 Å². The van der Waals surface area contributed by atoms with Crippen LogP contribution in [0.15, 0.2) is 24.3 Å². The van der Waals surface area contributed by atoms with Gasteiger partial charge in [0, 0.05) is 26.2 Å². The molecule has 0 spiro atoms. The number of piperazine rings is 1. The second kappa shape index (κ2) is 8.30. The summed E-state index contributed by atoms with van der Waals surface area (Å²) in [6.07, 6.45) is -0.419. The fraction of sp³-hybridized carbons (Fsp3) is 0.500. The first-order chi connectivity index (χ1) is 11.9. The van der Waals surface area contributed by atoms with Crippen molar-refractivity contribution in [3.05, 3.63) is 35.4 Å². The maximum atomic E-state index is 12.5. The molecule has 0 aliphatic carbocycles. The molecular formula is C16H22N2O6S. The van der Waals surface area contributed by atoms with E-state index in [9.17, 15) is 18.0 Å². The lowest BCUT2D eigenvalue weighted by molar-refractivity contribution is 0.0600. The van der Waals surface area contributed by atoms with Crippen molar-refractivity contribution in [3.8, 4) is 0 Å². The Kier molecular flexibility index (Phi) is 6.38. The van der Waals surface area contributed by atoms with Crippen LogP contribution in [-0.2, 0) is 25.2 Å². The van der Waals surface area contributed by atoms with Gasteiger partial charge in [0.15, 0.2) is 0 Å². The van der Waals surface area contributed by atoms with Crippen LogP contribution in [-0.4, -0.2) is 69.6 Å². The number of rotatable bonds is 5. The van der Waals surface area contributed by atoms with E-state index in [0.717, 1.165) is 0 Å². The summed E-state index contributed by atoms with van der Waals surface area (Å²) in [5.41, 5.74) is 0.951. The zero-order valence-electron chi connectivity index (χ0n) is 14.3. The standard InChI is InChI=1S/C16H22N2O6S/c1-3-24-16(20)17-8-10-18(11-9-17)25(21,22)12-13-4-6-14(7-5-13)15(19)23-2/h4-7H,3,8-12H2,1-2H3. The molecule has 1 aliphatic rings. The Bertz CT molecular complexity index is 709. The Morgan fingerprint density at radius 2 is 1.68 bits per heavy atom. The molecule has 1 aromatic rings. The van der Waals surface area contributed by atoms with Gasteiger partial charge in [-0.15, -0.1) is 0 Å². The third-order valence-corrected chi connectivity index (χ3v) is 5.73. The van der Waals surface area contributed by atoms with Crippen LogP contribution in [0.4, 0.5) is 4.79 Å². The minimum atomic E-state index is -3.50. The molecular weight excluding hydrogens is 348 g/mol. The van der Waals surface area contributed by atoms with E-state index in [4.69, 9.17) is 4.74 Å². The fourth-order valence-corrected chi connectivity index (χ4v) is 4.04. The number of amides is 1. The van der Waals surface area contributed by atoms with Gasteiger partial charge in [-0.3, -0.25) is 0 Å². The highest BCUT2D eigenvalue weighted by Gasteiger charge is 2.29. The number of hydrogen-bond donors (Lipinski definition) is 0. The third kappa shape index (κ3) is 4.93. The average molecular weight is 370 g/mol. The van der Waals surface area contributed by atoms with Gasteiger partial charge in [-0.2, -0.15) is 4.31 Å². The fourth-order valence-electron chi connectivity index (χ4n) is 2.52. The van der Waals surface area contributed by atoms with Crippen molar-refractivity contribution < 1.29 is 27.5 Å². The highest BCUT2D eigenvalue weighted by atomic mass is 32.2. The van der Waals surface area contributed by atoms with E-state index in [0.29, 0.717) is 30.8 Å². The van der Waals surface area contributed by atoms with Crippen molar-refractivity contribution in [1.82, 2.24) is 9.21 Å². The number of sulfonamides is 1. The number of nitrogens with zero attached hydrogens (tertiary/aromatic N) is 2. The lowest BCUT2D eigenvalue weighted by Gasteiger charge is -2.33. The van der Waals surface area contributed by atoms with E-state index in [1.54, 1.807) is 19.1 Å². The van der Waals surface area contributed by atoms with Crippen molar-refractivity contribution in [3.63, 3.8) is 0 Å². The summed E-state index contributed by atoms with van der Waals surface area (Å²) in [6.45, 7) is 3.10. The molecule has 9 heteroatoms. The van der Waals surface area contributed by atoms with Crippen LogP contribution in [0.5, 0.6) is 0 Å². The molecule has 0 atom stereocenters. The lowest BCUT2D eigenvalue weighted by atomic mass is 10.1. The monoisotopic (exact) mass is 370 g/mol. The summed E-state index contributed by atoms with van der Waals surface area (Å²) >= 11 is 0. The molecule has 2 rings (SSSR count). The largest absolute Gasteiger partial charge is 0.465 e. The molecule has 1 saturated heterocycles. The zero-order valence-corrected chi connectivity index (χ0v) is 15.1. The minimum absolute atomic E-state index is 0.159. The van der Waals surface area contributed by atoms with E-state index in [-0.39, 0.29) is 18.8 Å². The highest BCUT2D eigenvalue weighted by Crippen LogP contribution is 2.15. The van der Waals surface area contributed by atoms with Gasteiger partial charge >= 0.3 is 12.1 Å². The first-order valence-corrected chi connectivity index (χ1v) is 9.55. The summed E-state index contributed by atoms with van der Waals surface area (Å²) < 4.78 is 36.0. The third-order valence-electron chi connectivity index (χ3n) is 3.88. The van der Waals surface area contributed by atoms with Gasteiger partial charge in [0.05, 0.1) is 25.0 Å². The summed E-state index contributed by atoms with van der Waals surface area (Å²) in [5, 5.41) is 0. The van der Waals surface area contributed by atoms with Crippen molar-refractivity contribution in [1.29, 1.82) is 0 Å². The van der Waals surface area contributed by atoms with E-state index >= 15 is 0 Å². The van der Waals surface area contributed by atoms with Gasteiger partial charge in [-0.05, 0) is 24.6 Å². The maximum Gasteiger partial charge on any atom is 0.409 e. The van der Waals surface area contributed by atoms with E-state index in [1.807, 2.05) is 0 Å². The van der Waals surface area contributed by atoms with Gasteiger partial charge in [0.25, 0.3) is 0 Å². The van der Waals surface area contributed by atoms with Gasteiger partial charge in [0.1, 0.15) is 0 Å². The molecule has 1 aliphatic heterocycles. The summed E-state index contributed by atoms with van der Waals surface area (Å²) in [5.74, 6) is -0.627. The molecule has 8 nitrogen and oxygen atoms in total. The van der Waals surface area contributed by atoms with E-state index < -0.39 is 22.1 Å². The van der Waals surface area contributed by atoms with Crippen LogP contribution in [0.1, 0.15) is 22.8 Å². The molecule has 138 valence electrons. The number of esters is 1. The number of methoxy groups -OCH3 is 1. The molecule has 0 aromatic heterocycles. The van der Waals surface area contributed by atoms with Crippen molar-refractivity contribution in [2.24, 2.45) is 0 Å². The van der Waals surface area contributed by atoms with E-state index in [2.05, 4.69) is 4.74 Å². The molecule has 1 aromatic carbocycles. The Balaban J connectivity index is 1.96. The predicted molar refractivity (Wildman–Crippen MR) is 90.6 cm³/mol. The van der Waals surface area contributed by atoms with Crippen LogP contribution in [0.2, 0.25) is 0 Å². The molecule has 1 heterocycles. The van der Waals surface area contributed by atoms with Crippen LogP contribution in [0.25, 0.3) is 0 Å². The van der Waals surface area contributed by atoms with Crippen molar-refractivity contribution in [2.45, 2.75) is 12.7 Å². The molecule has 1 fully saturated rings. The predicted octanol–water partition coefficient (Wildman–Crippen LogP) is 1.08. The van der Waals surface area contributed by atoms with Crippen LogP contribution in [0, 0.1) is 0 Å². The Morgan fingerprint density at radius 1 is 1.08 bits per heavy atom. The first kappa shape index (κ1) is 19.2. The number of benzene rings is 1. The van der Waals surface area contributed by atoms with Crippen LogP contribution >= 0.6 is 0 Å². The Morgan fingerprint density at radius 3 is 2.20 bits per heavy atom. The lowest BCUT2D eigenvalue weighted by Crippen LogP contribution is -2.50. The normalized spacial score (nSPS) is 15.7. The molecule has 0 saturated carbocycles. The topological polar surface area (TPSA) is 93.2 Å². The minimum Gasteiger partial charge on any atom is -0.465 e. The molecule has 0 N–H and O–H groups in total. The average Bonchev–Trinajstić information content (AvgIpc) is 2.61. The summed E-state index contributed by atoms with van der Waals surface area (Å²) in [4.78, 5) is 24.6. The molecule has 0 radical (unpaired) electrons. The second-order valence-electron chi connectivity index (χ2n) is 5.53. The van der Waals surface area contributed by atoms with Crippen molar-refractivity contribution in [2.75, 3.05) is 39.9 Å². The summed E-state index contributed by atoms with van der Waals surface area (Å²) in [7, 11) is -2.21. The number of ether oxygens (including phenoxy) is 2. The van der Waals surface area contributed by atoms with Gasteiger partial charge in [-0.25, -0.2) is 18.0 Å². The van der Waals surface area contributed by atoms with Gasteiger partial charge < -0.3 is 14.4 Å². The highest BCUT2D eigenvalue weighted by molar-refractivity contribution is 7.88. The Labute approximate surface area is 147 Å². The number of carbonyl (C=O) groups is 2. The quantitative estimate of drug-likeness (QED) is 0.720. The first-order valence-electron chi connectivity index (χ1n) is 7.94. The zero-order chi connectivity index (χ0) is 18.4. The maximum absolute atomic E-state index is 12.5. The van der Waals surface area contributed by atoms with Crippen LogP contribution in [0.3, 0.4) is 0 Å². The van der Waals surface area contributed by atoms with Gasteiger partial charge in [0.2, 0.25) is 10.0 Å².